The molecule has 0 unspecified atom stereocenters. The van der Waals surface area contributed by atoms with Crippen molar-refractivity contribution in [3.8, 4) is 0 Å². The molecule has 0 bridgehead atoms. The zero-order valence-electron chi connectivity index (χ0n) is 12.6. The van der Waals surface area contributed by atoms with Gasteiger partial charge in [0.15, 0.2) is 0 Å². The third-order valence-corrected chi connectivity index (χ3v) is 7.88. The van der Waals surface area contributed by atoms with E-state index < -0.39 is 10.0 Å². The summed E-state index contributed by atoms with van der Waals surface area (Å²) in [6, 6.07) is 11.8. The summed E-state index contributed by atoms with van der Waals surface area (Å²) in [6.07, 6.45) is 3.82. The molecule has 1 aliphatic heterocycles. The normalized spacial score (nSPS) is 17.7. The van der Waals surface area contributed by atoms with Gasteiger partial charge in [-0.2, -0.15) is 4.31 Å². The van der Waals surface area contributed by atoms with Crippen LogP contribution in [0.15, 0.2) is 52.2 Å². The molecule has 0 aliphatic carbocycles. The average Bonchev–Trinajstić information content (AvgIpc) is 3.25. The van der Waals surface area contributed by atoms with Crippen LogP contribution in [0, 0.1) is 0 Å². The summed E-state index contributed by atoms with van der Waals surface area (Å²) < 4.78 is 27.2. The summed E-state index contributed by atoms with van der Waals surface area (Å²) in [5.74, 6) is 0.418. The van der Waals surface area contributed by atoms with Crippen molar-refractivity contribution in [3.63, 3.8) is 0 Å². The number of thiophene rings is 1. The molecule has 1 N–H and O–H groups in total. The maximum atomic E-state index is 12.6. The summed E-state index contributed by atoms with van der Waals surface area (Å²) >= 11 is 1.29. The lowest BCUT2D eigenvalue weighted by molar-refractivity contribution is 0.321. The second kappa shape index (κ2) is 5.78. The molecule has 0 atom stereocenters. The summed E-state index contributed by atoms with van der Waals surface area (Å²) in [7, 11) is -3.31. The first-order valence-corrected chi connectivity index (χ1v) is 10.1. The number of sulfonamides is 1. The van der Waals surface area contributed by atoms with Gasteiger partial charge in [-0.15, -0.1) is 11.3 Å². The van der Waals surface area contributed by atoms with E-state index in [9.17, 15) is 8.42 Å². The van der Waals surface area contributed by atoms with Crippen LogP contribution >= 0.6 is 11.3 Å². The van der Waals surface area contributed by atoms with Crippen LogP contribution in [0.5, 0.6) is 0 Å². The number of piperidine rings is 1. The highest BCUT2D eigenvalue weighted by atomic mass is 32.2. The highest BCUT2D eigenvalue weighted by molar-refractivity contribution is 7.91. The number of para-hydroxylation sites is 1. The molecule has 1 aliphatic rings. The minimum Gasteiger partial charge on any atom is -0.361 e. The van der Waals surface area contributed by atoms with Gasteiger partial charge in [0.05, 0.1) is 0 Å². The molecule has 4 nitrogen and oxygen atoms in total. The minimum absolute atomic E-state index is 0.418. The molecule has 6 heteroatoms. The van der Waals surface area contributed by atoms with Crippen molar-refractivity contribution in [2.75, 3.05) is 13.1 Å². The maximum Gasteiger partial charge on any atom is 0.252 e. The lowest BCUT2D eigenvalue weighted by Crippen LogP contribution is -2.37. The van der Waals surface area contributed by atoms with Crippen LogP contribution in [0.2, 0.25) is 0 Å². The number of nitrogens with zero attached hydrogens (tertiary/aromatic N) is 1. The van der Waals surface area contributed by atoms with Gasteiger partial charge in [0.25, 0.3) is 10.0 Å². The first-order chi connectivity index (χ1) is 11.2. The molecule has 120 valence electrons. The van der Waals surface area contributed by atoms with Gasteiger partial charge in [-0.25, -0.2) is 8.42 Å². The molecular weight excluding hydrogens is 328 g/mol. The number of benzene rings is 1. The van der Waals surface area contributed by atoms with E-state index in [-0.39, 0.29) is 0 Å². The van der Waals surface area contributed by atoms with Crippen LogP contribution in [0.3, 0.4) is 0 Å². The largest absolute Gasteiger partial charge is 0.361 e. The van der Waals surface area contributed by atoms with Crippen LogP contribution in [-0.4, -0.2) is 30.8 Å². The second-order valence-electron chi connectivity index (χ2n) is 5.90. The Balaban J connectivity index is 1.53. The predicted octanol–water partition coefficient (Wildman–Crippen LogP) is 3.80. The lowest BCUT2D eigenvalue weighted by Gasteiger charge is -2.30. The van der Waals surface area contributed by atoms with Crippen LogP contribution in [-0.2, 0) is 10.0 Å². The van der Waals surface area contributed by atoms with Crippen LogP contribution in [0.1, 0.15) is 24.3 Å². The zero-order chi connectivity index (χ0) is 15.9. The highest BCUT2D eigenvalue weighted by Gasteiger charge is 2.31. The molecule has 0 radical (unpaired) electrons. The highest BCUT2D eigenvalue weighted by Crippen LogP contribution is 2.35. The molecule has 0 spiro atoms. The Bertz CT molecular complexity index is 905. The Kier molecular flexibility index (Phi) is 3.75. The Morgan fingerprint density at radius 3 is 2.61 bits per heavy atom. The van der Waals surface area contributed by atoms with Gasteiger partial charge in [-0.1, -0.05) is 24.3 Å². The Labute approximate surface area is 139 Å². The number of rotatable bonds is 3. The van der Waals surface area contributed by atoms with E-state index in [0.717, 1.165) is 18.4 Å². The van der Waals surface area contributed by atoms with E-state index >= 15 is 0 Å². The van der Waals surface area contributed by atoms with E-state index in [2.05, 4.69) is 29.4 Å². The van der Waals surface area contributed by atoms with E-state index in [1.807, 2.05) is 11.4 Å². The molecule has 1 saturated heterocycles. The minimum atomic E-state index is -3.31. The van der Waals surface area contributed by atoms with Gasteiger partial charge in [0.1, 0.15) is 4.21 Å². The van der Waals surface area contributed by atoms with E-state index in [0.29, 0.717) is 23.2 Å². The Morgan fingerprint density at radius 1 is 1.09 bits per heavy atom. The monoisotopic (exact) mass is 346 g/mol. The second-order valence-corrected chi connectivity index (χ2v) is 9.01. The molecule has 0 amide bonds. The van der Waals surface area contributed by atoms with Crippen molar-refractivity contribution >= 4 is 32.3 Å². The third kappa shape index (κ3) is 2.60. The molecule has 3 aromatic rings. The standard InChI is InChI=1S/C17H18N2O2S2/c20-23(21,17-6-3-11-22-17)19-9-7-13(8-10-19)15-12-18-16-5-2-1-4-14(15)16/h1-6,11-13,18H,7-10H2. The molecule has 4 rings (SSSR count). The van der Waals surface area contributed by atoms with Gasteiger partial charge < -0.3 is 4.98 Å². The summed E-state index contributed by atoms with van der Waals surface area (Å²) in [4.78, 5) is 3.32. The molecular formula is C17H18N2O2S2. The number of hydrogen-bond donors (Lipinski definition) is 1. The number of aromatic nitrogens is 1. The van der Waals surface area contributed by atoms with Crippen molar-refractivity contribution < 1.29 is 8.42 Å². The molecule has 0 saturated carbocycles. The number of H-pyrrole nitrogens is 1. The fraction of sp³-hybridized carbons (Fsp3) is 0.294. The Hall–Kier alpha value is -1.63. The topological polar surface area (TPSA) is 53.2 Å². The number of aromatic amines is 1. The molecule has 1 aromatic carbocycles. The lowest BCUT2D eigenvalue weighted by atomic mass is 9.90. The van der Waals surface area contributed by atoms with E-state index in [1.54, 1.807) is 16.4 Å². The van der Waals surface area contributed by atoms with Crippen molar-refractivity contribution in [2.45, 2.75) is 23.0 Å². The zero-order valence-corrected chi connectivity index (χ0v) is 14.2. The quantitative estimate of drug-likeness (QED) is 0.784. The van der Waals surface area contributed by atoms with Gasteiger partial charge >= 0.3 is 0 Å². The third-order valence-electron chi connectivity index (χ3n) is 4.60. The summed E-state index contributed by atoms with van der Waals surface area (Å²) in [6.45, 7) is 1.18. The SMILES string of the molecule is O=S(=O)(c1cccs1)N1CCC(c2c[nH]c3ccccc23)CC1. The molecule has 3 heterocycles. The fourth-order valence-corrected chi connectivity index (χ4v) is 5.99. The first kappa shape index (κ1) is 14.9. The van der Waals surface area contributed by atoms with E-state index in [4.69, 9.17) is 0 Å². The number of nitrogens with one attached hydrogen (secondary N) is 1. The molecule has 1 fully saturated rings. The predicted molar refractivity (Wildman–Crippen MR) is 93.4 cm³/mol. The summed E-state index contributed by atoms with van der Waals surface area (Å²) in [5.41, 5.74) is 2.46. The smallest absolute Gasteiger partial charge is 0.252 e. The fourth-order valence-electron chi connectivity index (χ4n) is 3.38. The number of hydrogen-bond acceptors (Lipinski definition) is 3. The van der Waals surface area contributed by atoms with Crippen LogP contribution in [0.25, 0.3) is 10.9 Å². The van der Waals surface area contributed by atoms with E-state index in [1.165, 1.54) is 22.3 Å². The molecule has 2 aromatic heterocycles. The van der Waals surface area contributed by atoms with Gasteiger partial charge in [0, 0.05) is 30.2 Å². The van der Waals surface area contributed by atoms with Crippen molar-refractivity contribution in [2.24, 2.45) is 0 Å². The van der Waals surface area contributed by atoms with Crippen molar-refractivity contribution in [1.82, 2.24) is 9.29 Å². The van der Waals surface area contributed by atoms with Gasteiger partial charge in [-0.3, -0.25) is 0 Å². The average molecular weight is 346 g/mol. The van der Waals surface area contributed by atoms with Crippen molar-refractivity contribution in [3.05, 3.63) is 53.5 Å². The maximum absolute atomic E-state index is 12.6. The van der Waals surface area contributed by atoms with Gasteiger partial charge in [-0.05, 0) is 41.8 Å². The van der Waals surface area contributed by atoms with Crippen LogP contribution in [0.4, 0.5) is 0 Å². The Morgan fingerprint density at radius 2 is 1.87 bits per heavy atom. The summed E-state index contributed by atoms with van der Waals surface area (Å²) in [5, 5.41) is 3.07. The number of fused-ring (bicyclic) bond motifs is 1. The first-order valence-electron chi connectivity index (χ1n) is 7.76. The van der Waals surface area contributed by atoms with Crippen LogP contribution < -0.4 is 0 Å². The van der Waals surface area contributed by atoms with Gasteiger partial charge in [0.2, 0.25) is 0 Å². The molecule has 23 heavy (non-hydrogen) atoms. The van der Waals surface area contributed by atoms with Crippen molar-refractivity contribution in [1.29, 1.82) is 0 Å².